The first-order valence-electron chi connectivity index (χ1n) is 4.30. The number of rotatable bonds is 2. The molecule has 71 valence electrons. The van der Waals surface area contributed by atoms with Crippen molar-refractivity contribution in [2.45, 2.75) is 0 Å². The van der Waals surface area contributed by atoms with Gasteiger partial charge in [0.05, 0.1) is 12.7 Å². The third-order valence-corrected chi connectivity index (χ3v) is 2.12. The van der Waals surface area contributed by atoms with Gasteiger partial charge in [0.25, 0.3) is 0 Å². The van der Waals surface area contributed by atoms with Crippen molar-refractivity contribution < 1.29 is 9.53 Å². The van der Waals surface area contributed by atoms with E-state index in [0.717, 1.165) is 11.5 Å². The van der Waals surface area contributed by atoms with E-state index in [4.69, 9.17) is 0 Å². The fraction of sp³-hybridized carbons (Fsp3) is 0.0909. The van der Waals surface area contributed by atoms with E-state index in [1.54, 1.807) is 12.4 Å². The summed E-state index contributed by atoms with van der Waals surface area (Å²) in [5.41, 5.74) is 1.44. The van der Waals surface area contributed by atoms with Crippen molar-refractivity contribution in [1.82, 2.24) is 4.98 Å². The second-order valence-corrected chi connectivity index (χ2v) is 2.95. The number of carbonyl (C=O) groups is 1. The quantitative estimate of drug-likeness (QED) is 0.715. The number of esters is 1. The summed E-state index contributed by atoms with van der Waals surface area (Å²) >= 11 is 0. The van der Waals surface area contributed by atoms with Crippen LogP contribution in [0.25, 0.3) is 0 Å². The molecule has 1 aliphatic carbocycles. The topological polar surface area (TPSA) is 42.1 Å². The number of carbonyl (C=O) groups excluding carboxylic acids is 1. The number of nitrogens with one attached hydrogen (secondary N) is 1. The van der Waals surface area contributed by atoms with Crippen molar-refractivity contribution in [2.24, 2.45) is 0 Å². The van der Waals surface area contributed by atoms with Crippen LogP contribution in [0.2, 0.25) is 0 Å². The summed E-state index contributed by atoms with van der Waals surface area (Å²) in [7, 11) is 1.38. The predicted octanol–water partition coefficient (Wildman–Crippen LogP) is 1.55. The van der Waals surface area contributed by atoms with Gasteiger partial charge in [-0.3, -0.25) is 0 Å². The van der Waals surface area contributed by atoms with Gasteiger partial charge in [-0.15, -0.1) is 0 Å². The van der Waals surface area contributed by atoms with Crippen LogP contribution >= 0.6 is 0 Å². The molecule has 5 radical (unpaired) electrons. The van der Waals surface area contributed by atoms with Crippen LogP contribution in [0.15, 0.2) is 12.4 Å². The Kier molecular flexibility index (Phi) is 2.57. The molecule has 3 nitrogen and oxygen atoms in total. The van der Waals surface area contributed by atoms with Crippen LogP contribution in [-0.2, 0) is 4.74 Å². The highest BCUT2D eigenvalue weighted by Gasteiger charge is 2.24. The van der Waals surface area contributed by atoms with Gasteiger partial charge in [0, 0.05) is 18.3 Å². The normalized spacial score (nSPS) is 17.2. The second-order valence-electron chi connectivity index (χ2n) is 2.95. The van der Waals surface area contributed by atoms with Crippen molar-refractivity contribution in [3.8, 4) is 0 Å². The van der Waals surface area contributed by atoms with Crippen LogP contribution < -0.4 is 0 Å². The summed E-state index contributed by atoms with van der Waals surface area (Å²) < 4.78 is 4.67. The van der Waals surface area contributed by atoms with Gasteiger partial charge in [-0.25, -0.2) is 4.79 Å². The van der Waals surface area contributed by atoms with E-state index in [9.17, 15) is 4.79 Å². The Bertz CT molecular complexity index is 324. The molecule has 1 aromatic heterocycles. The molecule has 1 fully saturated rings. The van der Waals surface area contributed by atoms with E-state index in [1.807, 2.05) is 25.7 Å². The van der Waals surface area contributed by atoms with Gasteiger partial charge in [0.15, 0.2) is 0 Å². The van der Waals surface area contributed by atoms with Crippen LogP contribution in [-0.4, -0.2) is 18.1 Å². The molecule has 1 N–H and O–H groups in total. The number of methoxy groups -OCH3 is 1. The molecule has 0 saturated heterocycles. The molecule has 1 aliphatic rings. The predicted molar refractivity (Wildman–Crippen MR) is 51.7 cm³/mol. The Labute approximate surface area is 83.5 Å². The molecule has 0 unspecified atom stereocenters. The van der Waals surface area contributed by atoms with Crippen molar-refractivity contribution in [2.75, 3.05) is 7.11 Å². The van der Waals surface area contributed by atoms with Crippen molar-refractivity contribution in [1.29, 1.82) is 0 Å². The lowest BCUT2D eigenvalue weighted by Gasteiger charge is -2.07. The molecular weight excluding hydrogens is 178 g/mol. The third-order valence-electron chi connectivity index (χ3n) is 2.12. The lowest BCUT2D eigenvalue weighted by Crippen LogP contribution is -2.05. The van der Waals surface area contributed by atoms with Gasteiger partial charge in [-0.05, 0) is 31.2 Å². The largest absolute Gasteiger partial charge is 0.465 e. The first kappa shape index (κ1) is 9.31. The van der Waals surface area contributed by atoms with Crippen LogP contribution in [0.5, 0.6) is 0 Å². The van der Waals surface area contributed by atoms with Crippen LogP contribution in [0.1, 0.15) is 15.9 Å². The fourth-order valence-electron chi connectivity index (χ4n) is 1.44. The molecular formula is C11H10NO2. The summed E-state index contributed by atoms with van der Waals surface area (Å²) in [4.78, 5) is 14.2. The smallest absolute Gasteiger partial charge is 0.339 e. The summed E-state index contributed by atoms with van der Waals surface area (Å²) in [6, 6.07) is 0. The molecule has 0 aliphatic heterocycles. The molecule has 14 heavy (non-hydrogen) atoms. The second kappa shape index (κ2) is 3.86. The van der Waals surface area contributed by atoms with Gasteiger partial charge < -0.3 is 9.72 Å². The minimum Gasteiger partial charge on any atom is -0.465 e. The van der Waals surface area contributed by atoms with E-state index in [2.05, 4.69) is 9.72 Å². The minimum absolute atomic E-state index is 0.317. The average molecular weight is 188 g/mol. The lowest BCUT2D eigenvalue weighted by molar-refractivity contribution is 0.0600. The number of H-pyrrole nitrogens is 1. The van der Waals surface area contributed by atoms with Crippen LogP contribution in [0.3, 0.4) is 0 Å². The molecule has 0 spiro atoms. The van der Waals surface area contributed by atoms with Gasteiger partial charge in [-0.1, -0.05) is 0 Å². The Morgan fingerprint density at radius 1 is 1.29 bits per heavy atom. The highest BCUT2D eigenvalue weighted by molar-refractivity contribution is 5.92. The molecule has 1 heterocycles. The molecule has 2 rings (SSSR count). The minimum atomic E-state index is -0.317. The summed E-state index contributed by atoms with van der Waals surface area (Å²) in [5, 5.41) is 0. The highest BCUT2D eigenvalue weighted by atomic mass is 16.5. The maximum Gasteiger partial charge on any atom is 0.339 e. The Morgan fingerprint density at radius 3 is 2.64 bits per heavy atom. The van der Waals surface area contributed by atoms with Gasteiger partial charge in [0.2, 0.25) is 0 Å². The average Bonchev–Trinajstić information content (AvgIpc) is 2.85. The van der Waals surface area contributed by atoms with E-state index >= 15 is 0 Å². The molecule has 3 heteroatoms. The van der Waals surface area contributed by atoms with E-state index in [0.29, 0.717) is 5.56 Å². The number of hydrogen-bond acceptors (Lipinski definition) is 2. The zero-order valence-corrected chi connectivity index (χ0v) is 7.78. The van der Waals surface area contributed by atoms with E-state index in [-0.39, 0.29) is 5.97 Å². The van der Waals surface area contributed by atoms with Gasteiger partial charge in [-0.2, -0.15) is 0 Å². The van der Waals surface area contributed by atoms with Gasteiger partial charge >= 0.3 is 5.97 Å². The van der Waals surface area contributed by atoms with Crippen molar-refractivity contribution >= 4 is 5.97 Å². The van der Waals surface area contributed by atoms with Gasteiger partial charge in [0.1, 0.15) is 0 Å². The van der Waals surface area contributed by atoms with Crippen molar-refractivity contribution in [3.05, 3.63) is 55.1 Å². The van der Waals surface area contributed by atoms with Crippen LogP contribution in [0.4, 0.5) is 0 Å². The summed E-state index contributed by atoms with van der Waals surface area (Å²) in [6.45, 7) is 0. The third kappa shape index (κ3) is 1.54. The first-order valence-corrected chi connectivity index (χ1v) is 4.30. The SMILES string of the molecule is COC(=O)c1c[nH]cc1[C]1[CH][CH][CH][CH]1. The maximum absolute atomic E-state index is 11.3. The molecule has 1 saturated carbocycles. The zero-order chi connectivity index (χ0) is 9.97. The Balaban J connectivity index is 2.24. The van der Waals surface area contributed by atoms with E-state index in [1.165, 1.54) is 7.11 Å². The molecule has 0 aromatic carbocycles. The lowest BCUT2D eigenvalue weighted by atomic mass is 9.97. The fourth-order valence-corrected chi connectivity index (χ4v) is 1.44. The Hall–Kier alpha value is -1.25. The monoisotopic (exact) mass is 188 g/mol. The molecule has 1 aromatic rings. The summed E-state index contributed by atoms with van der Waals surface area (Å²) in [5.74, 6) is 0.703. The summed E-state index contributed by atoms with van der Waals surface area (Å²) in [6.07, 6.45) is 11.2. The first-order chi connectivity index (χ1) is 6.83. The van der Waals surface area contributed by atoms with E-state index < -0.39 is 0 Å². The number of aromatic amines is 1. The molecule has 0 amide bonds. The number of aromatic nitrogens is 1. The molecule has 0 bridgehead atoms. The number of hydrogen-bond donors (Lipinski definition) is 1. The standard InChI is InChI=1S/C11H10NO2/c1-14-11(13)10-7-12-6-9(10)8-4-2-3-5-8/h2-7,12H,1H3. The number of ether oxygens (including phenoxy) is 1. The molecule has 0 atom stereocenters. The van der Waals surface area contributed by atoms with Crippen LogP contribution in [0, 0.1) is 31.6 Å². The maximum atomic E-state index is 11.3. The van der Waals surface area contributed by atoms with Crippen molar-refractivity contribution in [3.63, 3.8) is 0 Å². The zero-order valence-electron chi connectivity index (χ0n) is 7.78. The highest BCUT2D eigenvalue weighted by Crippen LogP contribution is 2.32. The Morgan fingerprint density at radius 2 is 2.00 bits per heavy atom.